The van der Waals surface area contributed by atoms with E-state index in [1.165, 1.54) is 23.7 Å². The van der Waals surface area contributed by atoms with Crippen molar-refractivity contribution in [3.8, 4) is 0 Å². The Morgan fingerprint density at radius 3 is 2.75 bits per heavy atom. The maximum Gasteiger partial charge on any atom is 0.175 e. The van der Waals surface area contributed by atoms with Crippen LogP contribution in [0.4, 0.5) is 11.5 Å². The molecule has 0 amide bonds. The highest BCUT2D eigenvalue weighted by Crippen LogP contribution is 2.38. The molecular formula is C18H17N3O2S. The van der Waals surface area contributed by atoms with Crippen LogP contribution in [0.5, 0.6) is 0 Å². The average Bonchev–Trinajstić information content (AvgIpc) is 2.98. The van der Waals surface area contributed by atoms with E-state index in [2.05, 4.69) is 33.9 Å². The Kier molecular flexibility index (Phi) is 3.31. The van der Waals surface area contributed by atoms with Gasteiger partial charge in [-0.3, -0.25) is 0 Å². The van der Waals surface area contributed by atoms with Crippen molar-refractivity contribution in [2.75, 3.05) is 17.7 Å². The maximum absolute atomic E-state index is 11.9. The molecule has 0 unspecified atom stereocenters. The summed E-state index contributed by atoms with van der Waals surface area (Å²) in [5.74, 6) is 0.759. The molecule has 5 nitrogen and oxygen atoms in total. The summed E-state index contributed by atoms with van der Waals surface area (Å²) in [7, 11) is -3.28. The van der Waals surface area contributed by atoms with E-state index < -0.39 is 9.84 Å². The second-order valence-corrected chi connectivity index (χ2v) is 8.14. The first-order valence-corrected chi connectivity index (χ1v) is 9.65. The van der Waals surface area contributed by atoms with Crippen LogP contribution < -0.4 is 4.90 Å². The van der Waals surface area contributed by atoms with Crippen molar-refractivity contribution in [2.24, 2.45) is 0 Å². The minimum Gasteiger partial charge on any atom is -0.325 e. The van der Waals surface area contributed by atoms with E-state index in [4.69, 9.17) is 0 Å². The molecule has 1 aliphatic heterocycles. The number of benzene rings is 2. The van der Waals surface area contributed by atoms with Crippen LogP contribution in [-0.2, 0) is 16.3 Å². The third-order valence-electron chi connectivity index (χ3n) is 4.53. The molecule has 0 N–H and O–H groups in total. The number of fused-ring (bicyclic) bond motifs is 2. The lowest BCUT2D eigenvalue weighted by molar-refractivity contribution is 0.602. The molecule has 0 aliphatic carbocycles. The molecule has 1 aliphatic rings. The van der Waals surface area contributed by atoms with Crippen molar-refractivity contribution in [2.45, 2.75) is 18.2 Å². The summed E-state index contributed by atoms with van der Waals surface area (Å²) in [6.45, 7) is 2.94. The Hall–Kier alpha value is -2.47. The Morgan fingerprint density at radius 2 is 1.96 bits per heavy atom. The highest BCUT2D eigenvalue weighted by atomic mass is 32.2. The van der Waals surface area contributed by atoms with Gasteiger partial charge in [-0.25, -0.2) is 18.4 Å². The van der Waals surface area contributed by atoms with Crippen LogP contribution in [0.2, 0.25) is 0 Å². The van der Waals surface area contributed by atoms with E-state index >= 15 is 0 Å². The first-order chi connectivity index (χ1) is 11.4. The SMILES string of the molecule is Cc1cccc2c1CCN2c1ncnc2ccc(S(C)(=O)=O)cc12. The van der Waals surface area contributed by atoms with Gasteiger partial charge in [0.15, 0.2) is 9.84 Å². The van der Waals surface area contributed by atoms with Crippen LogP contribution in [0.25, 0.3) is 10.9 Å². The molecular weight excluding hydrogens is 322 g/mol. The van der Waals surface area contributed by atoms with Crippen molar-refractivity contribution >= 4 is 32.2 Å². The van der Waals surface area contributed by atoms with Gasteiger partial charge in [0.2, 0.25) is 0 Å². The number of aryl methyl sites for hydroxylation is 1. The first kappa shape index (κ1) is 15.1. The molecule has 122 valence electrons. The highest BCUT2D eigenvalue weighted by Gasteiger charge is 2.24. The summed E-state index contributed by atoms with van der Waals surface area (Å²) < 4.78 is 23.8. The van der Waals surface area contributed by atoms with Gasteiger partial charge in [0.25, 0.3) is 0 Å². The molecule has 24 heavy (non-hydrogen) atoms. The number of hydrogen-bond donors (Lipinski definition) is 0. The molecule has 1 aromatic heterocycles. The van der Waals surface area contributed by atoms with E-state index in [0.29, 0.717) is 0 Å². The Bertz CT molecular complexity index is 1060. The predicted octanol–water partition coefficient (Wildman–Crippen LogP) is 3.04. The average molecular weight is 339 g/mol. The number of sulfone groups is 1. The maximum atomic E-state index is 11.9. The first-order valence-electron chi connectivity index (χ1n) is 7.76. The molecule has 0 radical (unpaired) electrons. The smallest absolute Gasteiger partial charge is 0.175 e. The second kappa shape index (κ2) is 5.27. The van der Waals surface area contributed by atoms with E-state index in [9.17, 15) is 8.42 Å². The van der Waals surface area contributed by atoms with Gasteiger partial charge >= 0.3 is 0 Å². The summed E-state index contributed by atoms with van der Waals surface area (Å²) in [5, 5.41) is 0.759. The number of rotatable bonds is 2. The minimum atomic E-state index is -3.28. The van der Waals surface area contributed by atoms with Crippen LogP contribution in [0, 0.1) is 6.92 Å². The lowest BCUT2D eigenvalue weighted by Crippen LogP contribution is -2.15. The third-order valence-corrected chi connectivity index (χ3v) is 5.64. The van der Waals surface area contributed by atoms with E-state index in [1.54, 1.807) is 18.2 Å². The van der Waals surface area contributed by atoms with Crippen LogP contribution >= 0.6 is 0 Å². The summed E-state index contributed by atoms with van der Waals surface area (Å²) >= 11 is 0. The van der Waals surface area contributed by atoms with Crippen LogP contribution in [0.3, 0.4) is 0 Å². The van der Waals surface area contributed by atoms with Crippen molar-refractivity contribution in [3.05, 3.63) is 53.9 Å². The fraction of sp³-hybridized carbons (Fsp3) is 0.222. The number of nitrogens with zero attached hydrogens (tertiary/aromatic N) is 3. The van der Waals surface area contributed by atoms with E-state index in [-0.39, 0.29) is 4.90 Å². The lowest BCUT2D eigenvalue weighted by atomic mass is 10.1. The molecule has 0 saturated carbocycles. The summed E-state index contributed by atoms with van der Waals surface area (Å²) in [5.41, 5.74) is 4.47. The molecule has 0 bridgehead atoms. The molecule has 0 spiro atoms. The normalized spacial score (nSPS) is 14.2. The lowest BCUT2D eigenvalue weighted by Gasteiger charge is -2.20. The van der Waals surface area contributed by atoms with Gasteiger partial charge < -0.3 is 4.90 Å². The summed E-state index contributed by atoms with van der Waals surface area (Å²) in [6.07, 6.45) is 3.71. The van der Waals surface area contributed by atoms with Crippen molar-refractivity contribution in [3.63, 3.8) is 0 Å². The van der Waals surface area contributed by atoms with Gasteiger partial charge in [0, 0.05) is 23.9 Å². The Labute approximate surface area is 140 Å². The molecule has 2 aromatic carbocycles. The zero-order chi connectivity index (χ0) is 16.9. The van der Waals surface area contributed by atoms with Crippen molar-refractivity contribution < 1.29 is 8.42 Å². The van der Waals surface area contributed by atoms with Gasteiger partial charge in [-0.15, -0.1) is 0 Å². The summed E-state index contributed by atoms with van der Waals surface area (Å²) in [4.78, 5) is 11.2. The number of aromatic nitrogens is 2. The van der Waals surface area contributed by atoms with Gasteiger partial charge in [0.05, 0.1) is 10.4 Å². The van der Waals surface area contributed by atoms with Gasteiger partial charge in [-0.2, -0.15) is 0 Å². The van der Waals surface area contributed by atoms with Crippen molar-refractivity contribution in [1.82, 2.24) is 9.97 Å². The van der Waals surface area contributed by atoms with Crippen LogP contribution in [0.15, 0.2) is 47.6 Å². The Morgan fingerprint density at radius 1 is 1.12 bits per heavy atom. The highest BCUT2D eigenvalue weighted by molar-refractivity contribution is 7.90. The molecule has 0 saturated heterocycles. The molecule has 3 aromatic rings. The largest absolute Gasteiger partial charge is 0.325 e. The van der Waals surface area contributed by atoms with Crippen LogP contribution in [0.1, 0.15) is 11.1 Å². The molecule has 2 heterocycles. The van der Waals surface area contributed by atoms with Crippen molar-refractivity contribution in [1.29, 1.82) is 0 Å². The molecule has 4 rings (SSSR count). The van der Waals surface area contributed by atoms with Crippen LogP contribution in [-0.4, -0.2) is 31.2 Å². The van der Waals surface area contributed by atoms with E-state index in [0.717, 1.165) is 35.4 Å². The zero-order valence-electron chi connectivity index (χ0n) is 13.5. The fourth-order valence-electron chi connectivity index (χ4n) is 3.30. The Balaban J connectivity index is 1.94. The molecule has 0 fully saturated rings. The predicted molar refractivity (Wildman–Crippen MR) is 94.5 cm³/mol. The number of hydrogen-bond acceptors (Lipinski definition) is 5. The summed E-state index contributed by atoms with van der Waals surface area (Å²) in [6, 6.07) is 11.2. The van der Waals surface area contributed by atoms with E-state index in [1.807, 2.05) is 6.07 Å². The van der Waals surface area contributed by atoms with Gasteiger partial charge in [-0.1, -0.05) is 12.1 Å². The fourth-order valence-corrected chi connectivity index (χ4v) is 3.94. The quantitative estimate of drug-likeness (QED) is 0.718. The van der Waals surface area contributed by atoms with Gasteiger partial charge in [0.1, 0.15) is 12.1 Å². The molecule has 0 atom stereocenters. The second-order valence-electron chi connectivity index (χ2n) is 6.12. The monoisotopic (exact) mass is 339 g/mol. The zero-order valence-corrected chi connectivity index (χ0v) is 14.3. The third kappa shape index (κ3) is 2.34. The minimum absolute atomic E-state index is 0.287. The number of anilines is 2. The van der Waals surface area contributed by atoms with Gasteiger partial charge in [-0.05, 0) is 48.7 Å². The topological polar surface area (TPSA) is 63.2 Å². The molecule has 6 heteroatoms. The standard InChI is InChI=1S/C18H17N3O2S/c1-12-4-3-5-17-14(12)8-9-21(17)18-15-10-13(24(2,22)23)6-7-16(15)19-11-20-18/h3-7,10-11H,8-9H2,1-2H3.